The molecule has 0 atom stereocenters. The minimum Gasteiger partial charge on any atom is -0.405 e. The molecule has 9 nitrogen and oxygen atoms in total. The zero-order valence-corrected chi connectivity index (χ0v) is 14.8. The smallest absolute Gasteiger partial charge is 0.337 e. The zero-order valence-electron chi connectivity index (χ0n) is 14.8. The van der Waals surface area contributed by atoms with Gasteiger partial charge in [-0.3, -0.25) is 14.8 Å². The average molecular weight is 379 g/mol. The van der Waals surface area contributed by atoms with Gasteiger partial charge in [0.1, 0.15) is 5.39 Å². The maximum absolute atomic E-state index is 12.1. The Hall–Kier alpha value is -3.75. The lowest BCUT2D eigenvalue weighted by Crippen LogP contribution is -2.24. The Kier molecular flexibility index (Phi) is 4.71. The van der Waals surface area contributed by atoms with Crippen LogP contribution in [-0.4, -0.2) is 25.0 Å². The van der Waals surface area contributed by atoms with Gasteiger partial charge in [-0.05, 0) is 30.4 Å². The van der Waals surface area contributed by atoms with E-state index in [0.29, 0.717) is 31.4 Å². The average Bonchev–Trinajstić information content (AvgIpc) is 3.08. The monoisotopic (exact) mass is 379 g/mol. The molecule has 2 N–H and O–H groups in total. The summed E-state index contributed by atoms with van der Waals surface area (Å²) < 4.78 is 6.70. The number of benzene rings is 1. The second kappa shape index (κ2) is 7.47. The normalized spacial score (nSPS) is 11.1. The fraction of sp³-hybridized carbons (Fsp3) is 0.211. The number of rotatable bonds is 6. The van der Waals surface area contributed by atoms with E-state index in [-0.39, 0.29) is 11.1 Å². The van der Waals surface area contributed by atoms with E-state index in [0.717, 1.165) is 11.3 Å². The first-order valence-electron chi connectivity index (χ1n) is 8.81. The van der Waals surface area contributed by atoms with Crippen LogP contribution >= 0.6 is 0 Å². The van der Waals surface area contributed by atoms with E-state index >= 15 is 0 Å². The van der Waals surface area contributed by atoms with Crippen LogP contribution in [0.2, 0.25) is 0 Å². The summed E-state index contributed by atoms with van der Waals surface area (Å²) in [4.78, 5) is 39.7. The predicted octanol–water partition coefficient (Wildman–Crippen LogP) is 0.985. The number of nitrogens with zero attached hydrogens (tertiary/aromatic N) is 3. The summed E-state index contributed by atoms with van der Waals surface area (Å²) in [6, 6.07) is 11.2. The first-order chi connectivity index (χ1) is 13.6. The van der Waals surface area contributed by atoms with Crippen LogP contribution in [0.25, 0.3) is 11.1 Å². The standard InChI is InChI=1S/C19H17N5O4/c25-15-9-13(16-17(26)20-19(27)21-18(16)28-15)7-4-8-14-11-24(23-22-14)10-12-5-2-1-3-6-12/h1-3,5-6,9,11H,4,7-8,10H2,(H2,20,21,26,27). The van der Waals surface area contributed by atoms with Crippen molar-refractivity contribution in [3.05, 3.63) is 90.7 Å². The maximum Gasteiger partial charge on any atom is 0.337 e. The number of aromatic nitrogens is 5. The van der Waals surface area contributed by atoms with E-state index in [4.69, 9.17) is 4.42 Å². The largest absolute Gasteiger partial charge is 0.405 e. The molecule has 9 heteroatoms. The molecule has 0 amide bonds. The van der Waals surface area contributed by atoms with Gasteiger partial charge in [0, 0.05) is 12.3 Å². The van der Waals surface area contributed by atoms with Crippen molar-refractivity contribution in [3.8, 4) is 0 Å². The maximum atomic E-state index is 12.1. The van der Waals surface area contributed by atoms with Crippen molar-refractivity contribution in [1.82, 2.24) is 25.0 Å². The lowest BCUT2D eigenvalue weighted by molar-refractivity contribution is 0.543. The van der Waals surface area contributed by atoms with Crippen molar-refractivity contribution in [2.75, 3.05) is 0 Å². The number of aryl methyl sites for hydroxylation is 2. The van der Waals surface area contributed by atoms with Gasteiger partial charge < -0.3 is 4.42 Å². The third-order valence-corrected chi connectivity index (χ3v) is 4.38. The molecule has 28 heavy (non-hydrogen) atoms. The van der Waals surface area contributed by atoms with E-state index in [2.05, 4.69) is 20.3 Å². The summed E-state index contributed by atoms with van der Waals surface area (Å²) >= 11 is 0. The van der Waals surface area contributed by atoms with Crippen LogP contribution in [0.15, 0.2) is 61.4 Å². The number of hydrogen-bond acceptors (Lipinski definition) is 6. The lowest BCUT2D eigenvalue weighted by Gasteiger charge is -2.03. The summed E-state index contributed by atoms with van der Waals surface area (Å²) in [5, 5.41) is 8.49. The number of H-pyrrole nitrogens is 2. The van der Waals surface area contributed by atoms with Gasteiger partial charge in [-0.1, -0.05) is 35.5 Å². The molecule has 0 aliphatic carbocycles. The molecule has 3 aromatic heterocycles. The van der Waals surface area contributed by atoms with E-state index in [1.165, 1.54) is 6.07 Å². The molecule has 0 aliphatic heterocycles. The van der Waals surface area contributed by atoms with Crippen LogP contribution in [0.4, 0.5) is 0 Å². The minimum absolute atomic E-state index is 0.106. The number of fused-ring (bicyclic) bond motifs is 1. The van der Waals surface area contributed by atoms with Gasteiger partial charge in [0.25, 0.3) is 5.56 Å². The molecule has 0 aliphatic rings. The molecule has 0 saturated carbocycles. The van der Waals surface area contributed by atoms with Crippen molar-refractivity contribution in [3.63, 3.8) is 0 Å². The molecular formula is C19H17N5O4. The number of aromatic amines is 2. The van der Waals surface area contributed by atoms with Crippen LogP contribution in [0.1, 0.15) is 23.2 Å². The van der Waals surface area contributed by atoms with Crippen LogP contribution in [0, 0.1) is 0 Å². The highest BCUT2D eigenvalue weighted by Gasteiger charge is 2.11. The van der Waals surface area contributed by atoms with Crippen molar-refractivity contribution in [1.29, 1.82) is 0 Å². The summed E-state index contributed by atoms with van der Waals surface area (Å²) in [7, 11) is 0. The van der Waals surface area contributed by atoms with E-state index in [1.807, 2.05) is 36.5 Å². The summed E-state index contributed by atoms with van der Waals surface area (Å²) in [5.41, 5.74) is 0.474. The van der Waals surface area contributed by atoms with Gasteiger partial charge in [0.2, 0.25) is 5.71 Å². The fourth-order valence-electron chi connectivity index (χ4n) is 3.14. The molecule has 1 aromatic carbocycles. The Morgan fingerprint density at radius 1 is 1.04 bits per heavy atom. The summed E-state index contributed by atoms with van der Waals surface area (Å²) in [6.07, 6.45) is 3.64. The summed E-state index contributed by atoms with van der Waals surface area (Å²) in [5.74, 6) is 0. The van der Waals surface area contributed by atoms with Gasteiger partial charge in [0.05, 0.1) is 12.2 Å². The first kappa shape index (κ1) is 17.7. The zero-order chi connectivity index (χ0) is 19.5. The second-order valence-corrected chi connectivity index (χ2v) is 6.45. The molecule has 0 bridgehead atoms. The van der Waals surface area contributed by atoms with Gasteiger partial charge >= 0.3 is 11.3 Å². The van der Waals surface area contributed by atoms with Crippen molar-refractivity contribution < 1.29 is 4.42 Å². The third kappa shape index (κ3) is 3.83. The van der Waals surface area contributed by atoms with E-state index < -0.39 is 16.9 Å². The molecule has 142 valence electrons. The molecule has 0 spiro atoms. The highest BCUT2D eigenvalue weighted by Crippen LogP contribution is 2.13. The van der Waals surface area contributed by atoms with Gasteiger partial charge in [-0.2, -0.15) is 0 Å². The van der Waals surface area contributed by atoms with Crippen molar-refractivity contribution in [2.45, 2.75) is 25.8 Å². The van der Waals surface area contributed by atoms with Crippen LogP contribution in [0.5, 0.6) is 0 Å². The Morgan fingerprint density at radius 2 is 1.86 bits per heavy atom. The molecule has 3 heterocycles. The third-order valence-electron chi connectivity index (χ3n) is 4.38. The molecular weight excluding hydrogens is 362 g/mol. The Labute approximate surface area is 157 Å². The molecule has 0 fully saturated rings. The SMILES string of the molecule is O=c1[nH]c(=O)c2c(CCCc3cn(Cc4ccccc4)nn3)cc(=O)oc2[nH]1. The van der Waals surface area contributed by atoms with Crippen LogP contribution in [0.3, 0.4) is 0 Å². The fourth-order valence-corrected chi connectivity index (χ4v) is 3.14. The van der Waals surface area contributed by atoms with Crippen LogP contribution in [-0.2, 0) is 19.4 Å². The minimum atomic E-state index is -0.715. The number of nitrogens with one attached hydrogen (secondary N) is 2. The van der Waals surface area contributed by atoms with Crippen molar-refractivity contribution >= 4 is 11.1 Å². The predicted molar refractivity (Wildman–Crippen MR) is 101 cm³/mol. The summed E-state index contributed by atoms with van der Waals surface area (Å²) in [6.45, 7) is 0.640. The van der Waals surface area contributed by atoms with E-state index in [1.54, 1.807) is 4.68 Å². The molecule has 4 aromatic rings. The first-order valence-corrected chi connectivity index (χ1v) is 8.81. The van der Waals surface area contributed by atoms with Crippen molar-refractivity contribution in [2.24, 2.45) is 0 Å². The lowest BCUT2D eigenvalue weighted by atomic mass is 10.1. The Bertz CT molecular complexity index is 1280. The molecule has 4 rings (SSSR count). The number of hydrogen-bond donors (Lipinski definition) is 2. The van der Waals surface area contributed by atoms with Gasteiger partial charge in [0.15, 0.2) is 0 Å². The highest BCUT2D eigenvalue weighted by molar-refractivity contribution is 5.75. The second-order valence-electron chi connectivity index (χ2n) is 6.45. The van der Waals surface area contributed by atoms with Gasteiger partial charge in [-0.15, -0.1) is 5.10 Å². The Morgan fingerprint density at radius 3 is 2.68 bits per heavy atom. The Balaban J connectivity index is 1.47. The molecule has 0 unspecified atom stereocenters. The molecule has 0 radical (unpaired) electrons. The van der Waals surface area contributed by atoms with Crippen LogP contribution < -0.4 is 16.9 Å². The highest BCUT2D eigenvalue weighted by atomic mass is 16.4. The molecule has 0 saturated heterocycles. The quantitative estimate of drug-likeness (QED) is 0.514. The van der Waals surface area contributed by atoms with Gasteiger partial charge in [-0.25, -0.2) is 14.3 Å². The van der Waals surface area contributed by atoms with E-state index in [9.17, 15) is 14.4 Å². The topological polar surface area (TPSA) is 127 Å².